The summed E-state index contributed by atoms with van der Waals surface area (Å²) in [5.74, 6) is 0.537. The summed E-state index contributed by atoms with van der Waals surface area (Å²) < 4.78 is 12.1. The largest absolute Gasteiger partial charge is 0.288 e. The number of hydrogen-bond acceptors (Lipinski definition) is 1. The normalized spacial score (nSPS) is 42.0. The molecule has 0 aliphatic carbocycles. The van der Waals surface area contributed by atoms with Crippen LogP contribution >= 0.6 is 0 Å². The Morgan fingerprint density at radius 2 is 2.43 bits per heavy atom. The van der Waals surface area contributed by atoms with Gasteiger partial charge in [0.2, 0.25) is 0 Å². The van der Waals surface area contributed by atoms with Gasteiger partial charge < -0.3 is 0 Å². The summed E-state index contributed by atoms with van der Waals surface area (Å²) in [5, 5.41) is 2.70. The van der Waals surface area contributed by atoms with Gasteiger partial charge in [-0.2, -0.15) is 0 Å². The molecule has 1 fully saturated rings. The van der Waals surface area contributed by atoms with Gasteiger partial charge in [-0.1, -0.05) is 6.92 Å². The van der Waals surface area contributed by atoms with Crippen LogP contribution in [0.15, 0.2) is 0 Å². The molecule has 0 aromatic carbocycles. The van der Waals surface area contributed by atoms with E-state index in [1.165, 1.54) is 0 Å². The maximum atomic E-state index is 12.1. The molecule has 0 radical (unpaired) electrons. The molecule has 1 rings (SSSR count). The maximum Gasteiger partial charge on any atom is 0.151 e. The SMILES string of the molecule is C[C@@H]1CN[C@H](F)C1. The molecule has 0 aromatic rings. The standard InChI is InChI=1S/C5H10FN/c1-4-2-5(6)7-3-4/h4-5,7H,2-3H2,1H3/t4-,5-/m0/s1. The van der Waals surface area contributed by atoms with Gasteiger partial charge in [0.1, 0.15) is 0 Å². The molecular weight excluding hydrogens is 93.1 g/mol. The van der Waals surface area contributed by atoms with Crippen LogP contribution in [-0.2, 0) is 0 Å². The van der Waals surface area contributed by atoms with E-state index in [2.05, 4.69) is 5.32 Å². The average Bonchev–Trinajstić information content (AvgIpc) is 1.87. The van der Waals surface area contributed by atoms with E-state index in [-0.39, 0.29) is 0 Å². The molecule has 0 unspecified atom stereocenters. The van der Waals surface area contributed by atoms with E-state index in [4.69, 9.17) is 0 Å². The molecule has 2 atom stereocenters. The van der Waals surface area contributed by atoms with Gasteiger partial charge in [-0.25, -0.2) is 4.39 Å². The van der Waals surface area contributed by atoms with Crippen molar-refractivity contribution in [3.63, 3.8) is 0 Å². The molecule has 42 valence electrons. The Morgan fingerprint density at radius 3 is 2.57 bits per heavy atom. The quantitative estimate of drug-likeness (QED) is 0.449. The summed E-state index contributed by atoms with van der Waals surface area (Å²) in [5.41, 5.74) is 0. The Labute approximate surface area is 42.9 Å². The number of rotatable bonds is 0. The van der Waals surface area contributed by atoms with E-state index in [9.17, 15) is 4.39 Å². The van der Waals surface area contributed by atoms with Crippen LogP contribution in [0.3, 0.4) is 0 Å². The Morgan fingerprint density at radius 1 is 1.71 bits per heavy atom. The van der Waals surface area contributed by atoms with Crippen LogP contribution in [0.2, 0.25) is 0 Å². The van der Waals surface area contributed by atoms with Crippen molar-refractivity contribution in [1.82, 2.24) is 5.32 Å². The Hall–Kier alpha value is -0.110. The van der Waals surface area contributed by atoms with Gasteiger partial charge in [0, 0.05) is 6.54 Å². The van der Waals surface area contributed by atoms with Gasteiger partial charge in [0.25, 0.3) is 0 Å². The van der Waals surface area contributed by atoms with Gasteiger partial charge in [-0.05, 0) is 12.3 Å². The van der Waals surface area contributed by atoms with Gasteiger partial charge >= 0.3 is 0 Å². The van der Waals surface area contributed by atoms with Crippen molar-refractivity contribution in [3.8, 4) is 0 Å². The minimum atomic E-state index is -0.727. The second kappa shape index (κ2) is 1.78. The van der Waals surface area contributed by atoms with Crippen LogP contribution in [0.25, 0.3) is 0 Å². The highest BCUT2D eigenvalue weighted by Gasteiger charge is 2.18. The molecule has 0 aromatic heterocycles. The summed E-state index contributed by atoms with van der Waals surface area (Å²) in [6.07, 6.45) is -0.0324. The first-order valence-electron chi connectivity index (χ1n) is 2.66. The Bertz CT molecular complexity index is 57.1. The summed E-state index contributed by atoms with van der Waals surface area (Å²) >= 11 is 0. The molecule has 1 heterocycles. The molecular formula is C5H10FN. The third-order valence-electron chi connectivity index (χ3n) is 1.30. The molecule has 1 aliphatic rings. The van der Waals surface area contributed by atoms with Crippen LogP contribution in [0, 0.1) is 5.92 Å². The molecule has 0 spiro atoms. The van der Waals surface area contributed by atoms with Crippen molar-refractivity contribution in [1.29, 1.82) is 0 Å². The zero-order chi connectivity index (χ0) is 5.28. The third kappa shape index (κ3) is 1.13. The van der Waals surface area contributed by atoms with Gasteiger partial charge in [-0.3, -0.25) is 5.32 Å². The van der Waals surface area contributed by atoms with Crippen molar-refractivity contribution in [2.75, 3.05) is 6.54 Å². The topological polar surface area (TPSA) is 12.0 Å². The molecule has 0 saturated carbocycles. The molecule has 0 amide bonds. The van der Waals surface area contributed by atoms with Gasteiger partial charge in [0.15, 0.2) is 6.30 Å². The van der Waals surface area contributed by atoms with Crippen LogP contribution in [0.1, 0.15) is 13.3 Å². The lowest BCUT2D eigenvalue weighted by Crippen LogP contribution is -2.15. The van der Waals surface area contributed by atoms with E-state index in [1.807, 2.05) is 6.92 Å². The summed E-state index contributed by atoms with van der Waals surface area (Å²) in [4.78, 5) is 0. The highest BCUT2D eigenvalue weighted by molar-refractivity contribution is 4.70. The second-order valence-electron chi connectivity index (χ2n) is 2.22. The third-order valence-corrected chi connectivity index (χ3v) is 1.30. The first kappa shape index (κ1) is 5.04. The predicted octanol–water partition coefficient (Wildman–Crippen LogP) is 0.911. The number of halogens is 1. The van der Waals surface area contributed by atoms with Crippen LogP contribution < -0.4 is 5.32 Å². The van der Waals surface area contributed by atoms with E-state index < -0.39 is 6.30 Å². The number of nitrogens with one attached hydrogen (secondary N) is 1. The van der Waals surface area contributed by atoms with Crippen molar-refractivity contribution in [3.05, 3.63) is 0 Å². The first-order chi connectivity index (χ1) is 3.29. The van der Waals surface area contributed by atoms with Crippen molar-refractivity contribution in [2.45, 2.75) is 19.6 Å². The van der Waals surface area contributed by atoms with Crippen molar-refractivity contribution >= 4 is 0 Å². The first-order valence-corrected chi connectivity index (χ1v) is 2.66. The highest BCUT2D eigenvalue weighted by atomic mass is 19.1. The van der Waals surface area contributed by atoms with Crippen molar-refractivity contribution < 1.29 is 4.39 Å². The van der Waals surface area contributed by atoms with Gasteiger partial charge in [0.05, 0.1) is 0 Å². The second-order valence-corrected chi connectivity index (χ2v) is 2.22. The number of hydrogen-bond donors (Lipinski definition) is 1. The van der Waals surface area contributed by atoms with E-state index in [0.717, 1.165) is 6.54 Å². The molecule has 1 aliphatic heterocycles. The van der Waals surface area contributed by atoms with E-state index >= 15 is 0 Å². The fraction of sp³-hybridized carbons (Fsp3) is 1.00. The summed E-state index contributed by atoms with van der Waals surface area (Å²) in [6.45, 7) is 2.90. The summed E-state index contributed by atoms with van der Waals surface area (Å²) in [6, 6.07) is 0. The lowest BCUT2D eigenvalue weighted by Gasteiger charge is -1.91. The van der Waals surface area contributed by atoms with Crippen molar-refractivity contribution in [2.24, 2.45) is 5.92 Å². The summed E-state index contributed by atoms with van der Waals surface area (Å²) in [7, 11) is 0. The minimum absolute atomic E-state index is 0.537. The molecule has 1 N–H and O–H groups in total. The fourth-order valence-electron chi connectivity index (χ4n) is 0.849. The number of alkyl halides is 1. The van der Waals surface area contributed by atoms with Gasteiger partial charge in [-0.15, -0.1) is 0 Å². The van der Waals surface area contributed by atoms with E-state index in [1.54, 1.807) is 0 Å². The molecule has 1 saturated heterocycles. The van der Waals surface area contributed by atoms with Crippen LogP contribution in [0.5, 0.6) is 0 Å². The zero-order valence-electron chi connectivity index (χ0n) is 4.45. The molecule has 1 nitrogen and oxygen atoms in total. The van der Waals surface area contributed by atoms with E-state index in [0.29, 0.717) is 12.3 Å². The Balaban J connectivity index is 2.26. The molecule has 2 heteroatoms. The highest BCUT2D eigenvalue weighted by Crippen LogP contribution is 2.12. The molecule has 0 bridgehead atoms. The molecule has 7 heavy (non-hydrogen) atoms. The smallest absolute Gasteiger partial charge is 0.151 e. The Kier molecular flexibility index (Phi) is 1.28. The lowest BCUT2D eigenvalue weighted by molar-refractivity contribution is 0.305. The van der Waals surface area contributed by atoms with Crippen LogP contribution in [-0.4, -0.2) is 12.8 Å². The fourth-order valence-corrected chi connectivity index (χ4v) is 0.849. The van der Waals surface area contributed by atoms with Crippen LogP contribution in [0.4, 0.5) is 4.39 Å². The zero-order valence-corrected chi connectivity index (χ0v) is 4.45. The predicted molar refractivity (Wildman–Crippen MR) is 26.7 cm³/mol. The minimum Gasteiger partial charge on any atom is -0.288 e. The maximum absolute atomic E-state index is 12.1. The lowest BCUT2D eigenvalue weighted by atomic mass is 10.2. The monoisotopic (exact) mass is 103 g/mol. The average molecular weight is 103 g/mol.